The van der Waals surface area contributed by atoms with Crippen LogP contribution in [-0.2, 0) is 11.3 Å². The SMILES string of the molecule is C[C@@H]1CN(c2cc(C3=NCc4ccc(-c5ccn[nH]5)cc43)ncn2)C[C@H](C)O1. The third-order valence-corrected chi connectivity index (χ3v) is 5.22. The van der Waals surface area contributed by atoms with Crippen LogP contribution in [0.25, 0.3) is 11.3 Å². The van der Waals surface area contributed by atoms with Crippen LogP contribution < -0.4 is 4.90 Å². The van der Waals surface area contributed by atoms with Gasteiger partial charge in [-0.3, -0.25) is 10.1 Å². The Morgan fingerprint density at radius 1 is 1.07 bits per heavy atom. The van der Waals surface area contributed by atoms with E-state index in [1.165, 1.54) is 5.56 Å². The van der Waals surface area contributed by atoms with Crippen molar-refractivity contribution in [2.75, 3.05) is 18.0 Å². The summed E-state index contributed by atoms with van der Waals surface area (Å²) in [6.07, 6.45) is 3.76. The topological polar surface area (TPSA) is 79.3 Å². The third-order valence-electron chi connectivity index (χ3n) is 5.22. The van der Waals surface area contributed by atoms with Gasteiger partial charge in [-0.05, 0) is 31.5 Å². The van der Waals surface area contributed by atoms with E-state index in [9.17, 15) is 0 Å². The number of benzene rings is 1. The maximum atomic E-state index is 5.85. The van der Waals surface area contributed by atoms with Crippen molar-refractivity contribution in [1.82, 2.24) is 20.2 Å². The van der Waals surface area contributed by atoms with Gasteiger partial charge in [-0.1, -0.05) is 12.1 Å². The lowest BCUT2D eigenvalue weighted by atomic mass is 9.99. The van der Waals surface area contributed by atoms with Gasteiger partial charge >= 0.3 is 0 Å². The van der Waals surface area contributed by atoms with Crippen molar-refractivity contribution in [3.63, 3.8) is 0 Å². The smallest absolute Gasteiger partial charge is 0.132 e. The lowest BCUT2D eigenvalue weighted by Crippen LogP contribution is -2.45. The summed E-state index contributed by atoms with van der Waals surface area (Å²) >= 11 is 0. The molecule has 2 aromatic heterocycles. The predicted molar refractivity (Wildman–Crippen MR) is 108 cm³/mol. The number of morpholine rings is 1. The van der Waals surface area contributed by atoms with E-state index >= 15 is 0 Å². The molecule has 0 bridgehead atoms. The summed E-state index contributed by atoms with van der Waals surface area (Å²) < 4.78 is 5.85. The second-order valence-corrected chi connectivity index (χ2v) is 7.43. The van der Waals surface area contributed by atoms with Gasteiger partial charge in [-0.2, -0.15) is 5.10 Å². The monoisotopic (exact) mass is 374 g/mol. The van der Waals surface area contributed by atoms with Gasteiger partial charge in [0.1, 0.15) is 12.1 Å². The van der Waals surface area contributed by atoms with E-state index in [1.807, 2.05) is 12.1 Å². The maximum absolute atomic E-state index is 5.85. The predicted octanol–water partition coefficient (Wildman–Crippen LogP) is 2.83. The van der Waals surface area contributed by atoms with Crippen molar-refractivity contribution >= 4 is 11.5 Å². The van der Waals surface area contributed by atoms with E-state index in [0.717, 1.165) is 47.1 Å². The molecule has 7 nitrogen and oxygen atoms in total. The van der Waals surface area contributed by atoms with Crippen LogP contribution in [0.15, 0.2) is 47.8 Å². The second kappa shape index (κ2) is 6.83. The fraction of sp³-hybridized carbons (Fsp3) is 0.333. The summed E-state index contributed by atoms with van der Waals surface area (Å²) in [7, 11) is 0. The first kappa shape index (κ1) is 17.1. The van der Waals surface area contributed by atoms with Crippen LogP contribution in [0.4, 0.5) is 5.82 Å². The zero-order valence-corrected chi connectivity index (χ0v) is 16.0. The molecule has 5 rings (SSSR count). The highest BCUT2D eigenvalue weighted by atomic mass is 16.5. The Labute approximate surface area is 163 Å². The number of fused-ring (bicyclic) bond motifs is 1. The summed E-state index contributed by atoms with van der Waals surface area (Å²) in [4.78, 5) is 16.1. The molecule has 1 N–H and O–H groups in total. The first-order valence-corrected chi connectivity index (χ1v) is 9.57. The van der Waals surface area contributed by atoms with Gasteiger partial charge in [-0.15, -0.1) is 0 Å². The van der Waals surface area contributed by atoms with Crippen LogP contribution in [0.2, 0.25) is 0 Å². The van der Waals surface area contributed by atoms with Gasteiger partial charge in [0.2, 0.25) is 0 Å². The molecule has 7 heteroatoms. The summed E-state index contributed by atoms with van der Waals surface area (Å²) in [6.45, 7) is 6.53. The van der Waals surface area contributed by atoms with E-state index in [1.54, 1.807) is 12.5 Å². The molecule has 3 aromatic rings. The molecule has 1 saturated heterocycles. The zero-order chi connectivity index (χ0) is 19.1. The number of anilines is 1. The number of H-pyrrole nitrogens is 1. The number of aromatic amines is 1. The Hall–Kier alpha value is -3.06. The largest absolute Gasteiger partial charge is 0.372 e. The molecule has 4 heterocycles. The standard InChI is InChI=1S/C21H22N6O/c1-13-10-27(11-14(2)28-13)20-8-19(23-12-24-20)21-17-7-15(18-5-6-25-26-18)3-4-16(17)9-22-21/h3-8,12-14H,9-11H2,1-2H3,(H,25,26)/t13-,14+. The number of rotatable bonds is 3. The van der Waals surface area contributed by atoms with Gasteiger partial charge < -0.3 is 9.64 Å². The molecule has 0 aliphatic carbocycles. The first-order chi connectivity index (χ1) is 13.7. The first-order valence-electron chi connectivity index (χ1n) is 9.57. The number of aromatic nitrogens is 4. The van der Waals surface area contributed by atoms with Crippen LogP contribution in [0.1, 0.15) is 30.7 Å². The Morgan fingerprint density at radius 2 is 1.93 bits per heavy atom. The minimum Gasteiger partial charge on any atom is -0.372 e. The number of nitrogens with one attached hydrogen (secondary N) is 1. The van der Waals surface area contributed by atoms with Crippen molar-refractivity contribution in [1.29, 1.82) is 0 Å². The average molecular weight is 374 g/mol. The molecular formula is C21H22N6O. The van der Waals surface area contributed by atoms with Crippen molar-refractivity contribution in [2.45, 2.75) is 32.6 Å². The van der Waals surface area contributed by atoms with Crippen molar-refractivity contribution in [3.05, 3.63) is 59.7 Å². The molecule has 0 saturated carbocycles. The van der Waals surface area contributed by atoms with E-state index in [4.69, 9.17) is 9.73 Å². The van der Waals surface area contributed by atoms with Gasteiger partial charge in [0.25, 0.3) is 0 Å². The van der Waals surface area contributed by atoms with Gasteiger partial charge in [0.15, 0.2) is 0 Å². The molecule has 0 spiro atoms. The van der Waals surface area contributed by atoms with Crippen LogP contribution in [0.5, 0.6) is 0 Å². The lowest BCUT2D eigenvalue weighted by Gasteiger charge is -2.36. The summed E-state index contributed by atoms with van der Waals surface area (Å²) in [5, 5.41) is 7.08. The fourth-order valence-corrected chi connectivity index (χ4v) is 4.00. The van der Waals surface area contributed by atoms with Crippen LogP contribution in [-0.4, -0.2) is 51.2 Å². The Balaban J connectivity index is 1.48. The molecule has 142 valence electrons. The highest BCUT2D eigenvalue weighted by molar-refractivity contribution is 6.14. The highest BCUT2D eigenvalue weighted by Gasteiger charge is 2.25. The maximum Gasteiger partial charge on any atom is 0.132 e. The van der Waals surface area contributed by atoms with E-state index < -0.39 is 0 Å². The Morgan fingerprint density at radius 3 is 2.71 bits per heavy atom. The van der Waals surface area contributed by atoms with Crippen LogP contribution in [0, 0.1) is 0 Å². The molecule has 0 radical (unpaired) electrons. The normalized spacial score (nSPS) is 21.5. The Bertz CT molecular complexity index is 1020. The molecule has 1 aromatic carbocycles. The minimum atomic E-state index is 0.184. The number of ether oxygens (including phenoxy) is 1. The number of hydrogen-bond donors (Lipinski definition) is 1. The molecule has 2 atom stereocenters. The fourth-order valence-electron chi connectivity index (χ4n) is 4.00. The van der Waals surface area contributed by atoms with Gasteiger partial charge in [0.05, 0.1) is 35.9 Å². The molecule has 0 amide bonds. The molecule has 28 heavy (non-hydrogen) atoms. The summed E-state index contributed by atoms with van der Waals surface area (Å²) in [5.41, 5.74) is 6.21. The van der Waals surface area contributed by atoms with Crippen LogP contribution >= 0.6 is 0 Å². The van der Waals surface area contributed by atoms with Crippen molar-refractivity contribution in [3.8, 4) is 11.3 Å². The second-order valence-electron chi connectivity index (χ2n) is 7.43. The van der Waals surface area contributed by atoms with Crippen molar-refractivity contribution in [2.24, 2.45) is 4.99 Å². The zero-order valence-electron chi connectivity index (χ0n) is 16.0. The number of hydrogen-bond acceptors (Lipinski definition) is 6. The molecule has 0 unspecified atom stereocenters. The number of aliphatic imine (C=N–C) groups is 1. The summed E-state index contributed by atoms with van der Waals surface area (Å²) in [5.74, 6) is 0.924. The van der Waals surface area contributed by atoms with Gasteiger partial charge in [-0.25, -0.2) is 9.97 Å². The molecule has 2 aliphatic rings. The van der Waals surface area contributed by atoms with E-state index in [-0.39, 0.29) is 12.2 Å². The molecular weight excluding hydrogens is 352 g/mol. The summed E-state index contributed by atoms with van der Waals surface area (Å²) in [6, 6.07) is 10.4. The molecule has 2 aliphatic heterocycles. The number of nitrogens with zero attached hydrogens (tertiary/aromatic N) is 5. The highest BCUT2D eigenvalue weighted by Crippen LogP contribution is 2.28. The van der Waals surface area contributed by atoms with E-state index in [0.29, 0.717) is 6.54 Å². The van der Waals surface area contributed by atoms with E-state index in [2.05, 4.69) is 57.1 Å². The third kappa shape index (κ3) is 3.07. The Kier molecular flexibility index (Phi) is 4.16. The van der Waals surface area contributed by atoms with Crippen molar-refractivity contribution < 1.29 is 4.74 Å². The lowest BCUT2D eigenvalue weighted by molar-refractivity contribution is -0.00546. The molecule has 1 fully saturated rings. The average Bonchev–Trinajstić information content (AvgIpc) is 3.37. The van der Waals surface area contributed by atoms with Crippen LogP contribution in [0.3, 0.4) is 0 Å². The van der Waals surface area contributed by atoms with Gasteiger partial charge in [0, 0.05) is 36.5 Å². The minimum absolute atomic E-state index is 0.184. The quantitative estimate of drug-likeness (QED) is 0.763.